The minimum atomic E-state index is -0.366. The first-order chi connectivity index (χ1) is 15.0. The maximum atomic E-state index is 12.7. The highest BCUT2D eigenvalue weighted by Gasteiger charge is 2.19. The molecule has 3 heterocycles. The molecular formula is C23H25N5O2S. The molecule has 0 fully saturated rings. The molecule has 0 radical (unpaired) electrons. The van der Waals surface area contributed by atoms with Crippen molar-refractivity contribution in [2.45, 2.75) is 31.8 Å². The molecule has 7 nitrogen and oxygen atoms in total. The molecule has 0 amide bonds. The fraction of sp³-hybridized carbons (Fsp3) is 0.348. The van der Waals surface area contributed by atoms with Crippen molar-refractivity contribution in [1.29, 1.82) is 0 Å². The molecule has 1 aromatic carbocycles. The molecule has 1 N–H and O–H groups in total. The van der Waals surface area contributed by atoms with Crippen LogP contribution in [0.15, 0.2) is 51.6 Å². The van der Waals surface area contributed by atoms with Crippen LogP contribution in [0.1, 0.15) is 34.0 Å². The van der Waals surface area contributed by atoms with E-state index in [1.807, 2.05) is 4.57 Å². The summed E-state index contributed by atoms with van der Waals surface area (Å²) in [5.74, 6) is 0. The van der Waals surface area contributed by atoms with Crippen molar-refractivity contribution in [3.63, 3.8) is 0 Å². The minimum Gasteiger partial charge on any atom is -0.323 e. The Balaban J connectivity index is 1.41. The summed E-state index contributed by atoms with van der Waals surface area (Å²) in [4.78, 5) is 30.4. The summed E-state index contributed by atoms with van der Waals surface area (Å²) < 4.78 is 4.38. The van der Waals surface area contributed by atoms with Crippen LogP contribution in [0.4, 0.5) is 0 Å². The lowest BCUT2D eigenvalue weighted by Gasteiger charge is -2.19. The van der Waals surface area contributed by atoms with Gasteiger partial charge in [-0.25, -0.2) is 9.78 Å². The Hall–Kier alpha value is -2.97. The number of hydrogen-bond donors (Lipinski definition) is 1. The van der Waals surface area contributed by atoms with Crippen molar-refractivity contribution < 1.29 is 0 Å². The van der Waals surface area contributed by atoms with Gasteiger partial charge in [-0.15, -0.1) is 11.3 Å². The Labute approximate surface area is 183 Å². The summed E-state index contributed by atoms with van der Waals surface area (Å²) in [7, 11) is 3.14. The van der Waals surface area contributed by atoms with Gasteiger partial charge in [-0.2, -0.15) is 0 Å². The number of imidazole rings is 1. The summed E-state index contributed by atoms with van der Waals surface area (Å²) in [5.41, 5.74) is 4.40. The first-order valence-electron chi connectivity index (χ1n) is 10.5. The second-order valence-electron chi connectivity index (χ2n) is 8.10. The number of aryl methyl sites for hydroxylation is 3. The van der Waals surface area contributed by atoms with Gasteiger partial charge in [-0.05, 0) is 47.4 Å². The Morgan fingerprint density at radius 2 is 1.97 bits per heavy atom. The fourth-order valence-electron chi connectivity index (χ4n) is 4.51. The van der Waals surface area contributed by atoms with Gasteiger partial charge >= 0.3 is 5.69 Å². The van der Waals surface area contributed by atoms with Crippen LogP contribution >= 0.6 is 11.3 Å². The normalized spacial score (nSPS) is 14.3. The largest absolute Gasteiger partial charge is 0.332 e. The number of benzene rings is 1. The number of fused-ring (bicyclic) bond motifs is 2. The van der Waals surface area contributed by atoms with Crippen LogP contribution in [-0.2, 0) is 33.5 Å². The van der Waals surface area contributed by atoms with E-state index in [2.05, 4.69) is 46.0 Å². The number of hydrogen-bond acceptors (Lipinski definition) is 5. The van der Waals surface area contributed by atoms with Gasteiger partial charge in [0.2, 0.25) is 0 Å². The molecule has 1 aliphatic rings. The van der Waals surface area contributed by atoms with E-state index < -0.39 is 0 Å². The standard InChI is InChI=1S/C23H25N5O2S/c1-26-21-20(22(29)27(2)23(26)30)28(14-25-21)11-10-24-19(18-7-4-12-31-18)17-9-8-15-5-3-6-16(15)13-17/h4,7-9,12-14,19,24H,3,5-6,10-11H2,1-2H3. The summed E-state index contributed by atoms with van der Waals surface area (Å²) in [6, 6.07) is 11.2. The smallest absolute Gasteiger partial charge is 0.323 e. The van der Waals surface area contributed by atoms with Crippen LogP contribution < -0.4 is 16.6 Å². The maximum Gasteiger partial charge on any atom is 0.332 e. The Morgan fingerprint density at radius 1 is 1.13 bits per heavy atom. The van der Waals surface area contributed by atoms with Crippen LogP contribution in [0.25, 0.3) is 11.2 Å². The third kappa shape index (κ3) is 3.45. The van der Waals surface area contributed by atoms with Crippen LogP contribution in [0.2, 0.25) is 0 Å². The molecule has 0 bridgehead atoms. The molecular weight excluding hydrogens is 410 g/mol. The quantitative estimate of drug-likeness (QED) is 0.505. The highest BCUT2D eigenvalue weighted by atomic mass is 32.1. The van der Waals surface area contributed by atoms with Gasteiger partial charge in [0.25, 0.3) is 5.56 Å². The number of thiophene rings is 1. The number of nitrogens with zero attached hydrogens (tertiary/aromatic N) is 4. The molecule has 4 aromatic rings. The molecule has 31 heavy (non-hydrogen) atoms. The third-order valence-electron chi connectivity index (χ3n) is 6.20. The molecule has 1 atom stereocenters. The molecule has 0 spiro atoms. The van der Waals surface area contributed by atoms with E-state index in [1.165, 1.54) is 46.0 Å². The van der Waals surface area contributed by atoms with E-state index >= 15 is 0 Å². The summed E-state index contributed by atoms with van der Waals surface area (Å²) >= 11 is 1.74. The van der Waals surface area contributed by atoms with Crippen molar-refractivity contribution in [3.05, 3.63) is 84.4 Å². The molecule has 1 unspecified atom stereocenters. The highest BCUT2D eigenvalue weighted by molar-refractivity contribution is 7.10. The van der Waals surface area contributed by atoms with Gasteiger partial charge in [-0.1, -0.05) is 24.3 Å². The van der Waals surface area contributed by atoms with Gasteiger partial charge in [0.15, 0.2) is 11.2 Å². The first kappa shape index (κ1) is 20.0. The average Bonchev–Trinajstić information content (AvgIpc) is 3.54. The fourth-order valence-corrected chi connectivity index (χ4v) is 5.33. The lowest BCUT2D eigenvalue weighted by Crippen LogP contribution is -2.37. The van der Waals surface area contributed by atoms with Crippen LogP contribution in [0, 0.1) is 0 Å². The van der Waals surface area contributed by atoms with Crippen molar-refractivity contribution >= 4 is 22.5 Å². The van der Waals surface area contributed by atoms with Gasteiger partial charge in [0, 0.05) is 32.1 Å². The zero-order chi connectivity index (χ0) is 21.5. The number of aromatic nitrogens is 4. The zero-order valence-electron chi connectivity index (χ0n) is 17.7. The number of nitrogens with one attached hydrogen (secondary N) is 1. The van der Waals surface area contributed by atoms with E-state index in [-0.39, 0.29) is 17.3 Å². The van der Waals surface area contributed by atoms with Crippen molar-refractivity contribution in [2.75, 3.05) is 6.54 Å². The van der Waals surface area contributed by atoms with E-state index in [4.69, 9.17) is 0 Å². The van der Waals surface area contributed by atoms with Gasteiger partial charge < -0.3 is 9.88 Å². The molecule has 3 aromatic heterocycles. The Bertz CT molecular complexity index is 1360. The Morgan fingerprint density at radius 3 is 2.77 bits per heavy atom. The lowest BCUT2D eigenvalue weighted by atomic mass is 10.00. The predicted molar refractivity (Wildman–Crippen MR) is 123 cm³/mol. The van der Waals surface area contributed by atoms with Gasteiger partial charge in [0.1, 0.15) is 0 Å². The summed E-state index contributed by atoms with van der Waals surface area (Å²) in [6.45, 7) is 1.24. The summed E-state index contributed by atoms with van der Waals surface area (Å²) in [5, 5.41) is 5.78. The molecule has 8 heteroatoms. The third-order valence-corrected chi connectivity index (χ3v) is 7.14. The number of rotatable bonds is 6. The van der Waals surface area contributed by atoms with Crippen LogP contribution in [-0.4, -0.2) is 25.2 Å². The molecule has 0 aliphatic heterocycles. The van der Waals surface area contributed by atoms with Gasteiger partial charge in [-0.3, -0.25) is 13.9 Å². The van der Waals surface area contributed by atoms with E-state index in [1.54, 1.807) is 24.7 Å². The lowest BCUT2D eigenvalue weighted by molar-refractivity contribution is 0.559. The van der Waals surface area contributed by atoms with Crippen LogP contribution in [0.5, 0.6) is 0 Å². The van der Waals surface area contributed by atoms with Crippen molar-refractivity contribution in [3.8, 4) is 0 Å². The molecule has 160 valence electrons. The zero-order valence-corrected chi connectivity index (χ0v) is 18.5. The minimum absolute atomic E-state index is 0.105. The second-order valence-corrected chi connectivity index (χ2v) is 9.08. The monoisotopic (exact) mass is 435 g/mol. The van der Waals surface area contributed by atoms with Crippen molar-refractivity contribution in [2.24, 2.45) is 14.1 Å². The maximum absolute atomic E-state index is 12.7. The van der Waals surface area contributed by atoms with E-state index in [0.29, 0.717) is 24.3 Å². The molecule has 5 rings (SSSR count). The molecule has 0 saturated carbocycles. The van der Waals surface area contributed by atoms with E-state index in [0.717, 1.165) is 11.0 Å². The van der Waals surface area contributed by atoms with E-state index in [9.17, 15) is 9.59 Å². The predicted octanol–water partition coefficient (Wildman–Crippen LogP) is 2.36. The second kappa shape index (κ2) is 7.94. The van der Waals surface area contributed by atoms with Gasteiger partial charge in [0.05, 0.1) is 12.4 Å². The average molecular weight is 436 g/mol. The Kier molecular flexibility index (Phi) is 5.11. The highest BCUT2D eigenvalue weighted by Crippen LogP contribution is 2.30. The SMILES string of the molecule is Cn1c(=O)c2c(ncn2CCNC(c2ccc3c(c2)CCC3)c2cccs2)n(C)c1=O. The van der Waals surface area contributed by atoms with Crippen molar-refractivity contribution in [1.82, 2.24) is 24.0 Å². The first-order valence-corrected chi connectivity index (χ1v) is 11.4. The van der Waals surface area contributed by atoms with Crippen LogP contribution in [0.3, 0.4) is 0 Å². The molecule has 0 saturated heterocycles. The molecule has 1 aliphatic carbocycles. The topological polar surface area (TPSA) is 73.8 Å². The summed E-state index contributed by atoms with van der Waals surface area (Å²) in [6.07, 6.45) is 5.21.